The highest BCUT2D eigenvalue weighted by atomic mass is 32.2. The molecule has 0 bridgehead atoms. The fraction of sp³-hybridized carbons (Fsp3) is 0.179. The maximum atomic E-state index is 13.8. The van der Waals surface area contributed by atoms with Crippen LogP contribution in [0.1, 0.15) is 22.3 Å². The minimum atomic E-state index is -4.11. The Hall–Kier alpha value is -4.28. The number of carbonyl (C=O) groups excluding carboxylic acids is 3. The van der Waals surface area contributed by atoms with Crippen molar-refractivity contribution in [1.82, 2.24) is 9.29 Å². The molecule has 0 radical (unpaired) electrons. The Balaban J connectivity index is 1.47. The number of hydrogen-bond acceptors (Lipinski definition) is 6. The van der Waals surface area contributed by atoms with Gasteiger partial charge in [-0.05, 0) is 54.4 Å². The van der Waals surface area contributed by atoms with E-state index in [4.69, 9.17) is 4.74 Å². The van der Waals surface area contributed by atoms with Crippen LogP contribution in [0.15, 0.2) is 90.0 Å². The lowest BCUT2D eigenvalue weighted by atomic mass is 10.1. The number of amides is 2. The van der Waals surface area contributed by atoms with Crippen LogP contribution in [0, 0.1) is 0 Å². The van der Waals surface area contributed by atoms with Crippen molar-refractivity contribution >= 4 is 44.4 Å². The number of benzene rings is 3. The molecule has 2 amide bonds. The summed E-state index contributed by atoms with van der Waals surface area (Å²) in [6, 6.07) is 20.2. The lowest BCUT2D eigenvalue weighted by molar-refractivity contribution is -0.122. The number of H-pyrrole nitrogens is 1. The number of carbonyl (C=O) groups is 3. The first-order chi connectivity index (χ1) is 18.3. The van der Waals surface area contributed by atoms with Gasteiger partial charge in [-0.25, -0.2) is 18.1 Å². The van der Waals surface area contributed by atoms with E-state index in [1.165, 1.54) is 43.5 Å². The van der Waals surface area contributed by atoms with Crippen LogP contribution in [-0.4, -0.2) is 55.2 Å². The van der Waals surface area contributed by atoms with Crippen LogP contribution in [0.2, 0.25) is 0 Å². The van der Waals surface area contributed by atoms with Gasteiger partial charge < -0.3 is 9.72 Å². The zero-order valence-corrected chi connectivity index (χ0v) is 21.4. The second-order valence-corrected chi connectivity index (χ2v) is 10.8. The zero-order valence-electron chi connectivity index (χ0n) is 20.5. The van der Waals surface area contributed by atoms with Crippen LogP contribution >= 0.6 is 0 Å². The molecule has 1 unspecified atom stereocenters. The van der Waals surface area contributed by atoms with Crippen LogP contribution in [-0.2, 0) is 30.8 Å². The molecule has 9 nitrogen and oxygen atoms in total. The zero-order chi connectivity index (χ0) is 26.9. The Morgan fingerprint density at radius 2 is 1.68 bits per heavy atom. The summed E-state index contributed by atoms with van der Waals surface area (Å²) >= 11 is 0. The molecule has 1 atom stereocenters. The average molecular weight is 532 g/mol. The third-order valence-electron chi connectivity index (χ3n) is 6.64. The number of fused-ring (bicyclic) bond motifs is 1. The summed E-state index contributed by atoms with van der Waals surface area (Å²) < 4.78 is 33.4. The number of ether oxygens (including phenoxy) is 1. The van der Waals surface area contributed by atoms with Gasteiger partial charge in [0.1, 0.15) is 6.04 Å². The number of imide groups is 1. The smallest absolute Gasteiger partial charge is 0.337 e. The molecule has 194 valence electrons. The fourth-order valence-electron chi connectivity index (χ4n) is 4.72. The van der Waals surface area contributed by atoms with Gasteiger partial charge in [-0.2, -0.15) is 4.31 Å². The van der Waals surface area contributed by atoms with E-state index in [0.717, 1.165) is 25.7 Å². The third kappa shape index (κ3) is 4.59. The lowest BCUT2D eigenvalue weighted by Gasteiger charge is -2.27. The number of rotatable bonds is 8. The van der Waals surface area contributed by atoms with Gasteiger partial charge in [0.2, 0.25) is 15.9 Å². The quantitative estimate of drug-likeness (QED) is 0.275. The second-order valence-electron chi connectivity index (χ2n) is 8.86. The van der Waals surface area contributed by atoms with Crippen molar-refractivity contribution in [3.63, 3.8) is 0 Å². The van der Waals surface area contributed by atoms with Gasteiger partial charge in [0.15, 0.2) is 0 Å². The highest BCUT2D eigenvalue weighted by Crippen LogP contribution is 2.30. The monoisotopic (exact) mass is 531 g/mol. The normalized spacial score (nSPS) is 15.9. The highest BCUT2D eigenvalue weighted by molar-refractivity contribution is 7.89. The van der Waals surface area contributed by atoms with Crippen molar-refractivity contribution < 1.29 is 27.5 Å². The minimum Gasteiger partial charge on any atom is -0.465 e. The molecule has 1 saturated heterocycles. The third-order valence-corrected chi connectivity index (χ3v) is 8.57. The van der Waals surface area contributed by atoms with Crippen molar-refractivity contribution in [1.29, 1.82) is 0 Å². The summed E-state index contributed by atoms with van der Waals surface area (Å²) in [5, 5.41) is 0.964. The predicted octanol–water partition coefficient (Wildman–Crippen LogP) is 3.52. The molecule has 4 aromatic rings. The Kier molecular flexibility index (Phi) is 6.83. The Morgan fingerprint density at radius 1 is 1.00 bits per heavy atom. The molecule has 3 aromatic carbocycles. The predicted molar refractivity (Wildman–Crippen MR) is 141 cm³/mol. The SMILES string of the molecule is COC(=O)c1ccc(N2C(=O)CC(N(CCc3c[nH]c4ccccc34)S(=O)(=O)c3ccccc3)C2=O)cc1. The molecule has 10 heteroatoms. The molecule has 38 heavy (non-hydrogen) atoms. The van der Waals surface area contributed by atoms with E-state index in [9.17, 15) is 22.8 Å². The fourth-order valence-corrected chi connectivity index (χ4v) is 6.32. The largest absolute Gasteiger partial charge is 0.465 e. The lowest BCUT2D eigenvalue weighted by Crippen LogP contribution is -2.46. The molecule has 1 aromatic heterocycles. The van der Waals surface area contributed by atoms with Gasteiger partial charge in [0.05, 0.1) is 29.7 Å². The number of aromatic nitrogens is 1. The van der Waals surface area contributed by atoms with Gasteiger partial charge in [0.25, 0.3) is 5.91 Å². The van der Waals surface area contributed by atoms with Crippen LogP contribution in [0.25, 0.3) is 10.9 Å². The molecule has 1 aliphatic heterocycles. The molecule has 1 fully saturated rings. The van der Waals surface area contributed by atoms with Crippen LogP contribution in [0.5, 0.6) is 0 Å². The van der Waals surface area contributed by atoms with E-state index in [2.05, 4.69) is 4.98 Å². The number of para-hydroxylation sites is 1. The molecule has 1 aliphatic rings. The minimum absolute atomic E-state index is 0.00210. The van der Waals surface area contributed by atoms with E-state index in [1.54, 1.807) is 18.2 Å². The van der Waals surface area contributed by atoms with Gasteiger partial charge in [-0.1, -0.05) is 36.4 Å². The average Bonchev–Trinajstić information content (AvgIpc) is 3.48. The summed E-state index contributed by atoms with van der Waals surface area (Å²) in [7, 11) is -2.86. The first kappa shape index (κ1) is 25.4. The molecule has 5 rings (SSSR count). The number of anilines is 1. The number of nitrogens with zero attached hydrogens (tertiary/aromatic N) is 2. The van der Waals surface area contributed by atoms with E-state index in [-0.39, 0.29) is 29.1 Å². The van der Waals surface area contributed by atoms with Gasteiger partial charge in [-0.3, -0.25) is 9.59 Å². The van der Waals surface area contributed by atoms with Crippen molar-refractivity contribution in [3.8, 4) is 0 Å². The summed E-state index contributed by atoms with van der Waals surface area (Å²) in [6.45, 7) is -0.00210. The standard InChI is InChI=1S/C28H25N3O6S/c1-37-28(34)19-11-13-21(14-12-19)31-26(32)17-25(27(31)33)30(38(35,36)22-7-3-2-4-8-22)16-15-20-18-29-24-10-6-5-9-23(20)24/h2-14,18,25,29H,15-17H2,1H3. The van der Waals surface area contributed by atoms with E-state index in [0.29, 0.717) is 6.42 Å². The van der Waals surface area contributed by atoms with Gasteiger partial charge >= 0.3 is 5.97 Å². The van der Waals surface area contributed by atoms with Crippen molar-refractivity contribution in [2.24, 2.45) is 0 Å². The molecule has 2 heterocycles. The first-order valence-electron chi connectivity index (χ1n) is 12.0. The maximum Gasteiger partial charge on any atom is 0.337 e. The molecule has 0 spiro atoms. The molecule has 0 aliphatic carbocycles. The number of hydrogen-bond donors (Lipinski definition) is 1. The Bertz CT molecular complexity index is 1610. The number of aromatic amines is 1. The van der Waals surface area contributed by atoms with Crippen LogP contribution in [0.4, 0.5) is 5.69 Å². The van der Waals surface area contributed by atoms with Crippen molar-refractivity contribution in [3.05, 3.63) is 96.2 Å². The van der Waals surface area contributed by atoms with Gasteiger partial charge in [-0.15, -0.1) is 0 Å². The molecule has 0 saturated carbocycles. The van der Waals surface area contributed by atoms with Crippen molar-refractivity contribution in [2.45, 2.75) is 23.8 Å². The van der Waals surface area contributed by atoms with E-state index < -0.39 is 33.8 Å². The number of sulfonamides is 1. The molecule has 1 N–H and O–H groups in total. The van der Waals surface area contributed by atoms with Gasteiger partial charge in [0, 0.05) is 23.6 Å². The van der Waals surface area contributed by atoms with Crippen LogP contribution in [0.3, 0.4) is 0 Å². The summed E-state index contributed by atoms with van der Waals surface area (Å²) in [5.74, 6) is -1.71. The summed E-state index contributed by atoms with van der Waals surface area (Å²) in [6.07, 6.45) is 1.87. The Labute approximate surface area is 219 Å². The second kappa shape index (κ2) is 10.2. The number of nitrogens with one attached hydrogen (secondary N) is 1. The summed E-state index contributed by atoms with van der Waals surface area (Å²) in [4.78, 5) is 42.6. The van der Waals surface area contributed by atoms with Crippen molar-refractivity contribution in [2.75, 3.05) is 18.6 Å². The highest BCUT2D eigenvalue weighted by Gasteiger charge is 2.46. The first-order valence-corrected chi connectivity index (χ1v) is 13.4. The maximum absolute atomic E-state index is 13.8. The number of esters is 1. The topological polar surface area (TPSA) is 117 Å². The van der Waals surface area contributed by atoms with Crippen LogP contribution < -0.4 is 4.90 Å². The Morgan fingerprint density at radius 3 is 2.39 bits per heavy atom. The molecular weight excluding hydrogens is 506 g/mol. The van der Waals surface area contributed by atoms with E-state index in [1.807, 2.05) is 30.5 Å². The summed E-state index contributed by atoms with van der Waals surface area (Å²) in [5.41, 5.74) is 2.34. The number of methoxy groups -OCH3 is 1. The molecular formula is C28H25N3O6S. The van der Waals surface area contributed by atoms with E-state index >= 15 is 0 Å².